The molecule has 1 atom stereocenters. The van der Waals surface area contributed by atoms with Crippen molar-refractivity contribution in [3.8, 4) is 5.75 Å². The summed E-state index contributed by atoms with van der Waals surface area (Å²) in [5, 5.41) is 0. The van der Waals surface area contributed by atoms with Gasteiger partial charge in [-0.25, -0.2) is 4.98 Å². The Morgan fingerprint density at radius 1 is 1.17 bits per heavy atom. The molecule has 1 aromatic heterocycles. The molecule has 3 heterocycles. The molecule has 3 aromatic rings. The van der Waals surface area contributed by atoms with Crippen molar-refractivity contribution in [3.63, 3.8) is 0 Å². The normalized spacial score (nSPS) is 18.8. The van der Waals surface area contributed by atoms with E-state index in [9.17, 15) is 9.59 Å². The van der Waals surface area contributed by atoms with Crippen molar-refractivity contribution >= 4 is 28.5 Å². The minimum atomic E-state index is -0.119. The number of H-pyrrole nitrogens is 1. The van der Waals surface area contributed by atoms with E-state index in [-0.39, 0.29) is 30.9 Å². The predicted molar refractivity (Wildman–Crippen MR) is 109 cm³/mol. The fraction of sp³-hybridized carbons (Fsp3) is 0.318. The highest BCUT2D eigenvalue weighted by molar-refractivity contribution is 5.98. The number of rotatable bonds is 4. The topological polar surface area (TPSA) is 78.5 Å². The average Bonchev–Trinajstić information content (AvgIpc) is 3.39. The zero-order valence-electron chi connectivity index (χ0n) is 16.0. The van der Waals surface area contributed by atoms with Crippen LogP contribution in [0.4, 0.5) is 5.69 Å². The SMILES string of the molecule is O=C1COc2ccccc2N1CCC(=O)N1CCC[C@H]1c1nc2ccccc2[nH]1. The minimum Gasteiger partial charge on any atom is -0.482 e. The molecule has 0 radical (unpaired) electrons. The van der Waals surface area contributed by atoms with E-state index < -0.39 is 0 Å². The van der Waals surface area contributed by atoms with Gasteiger partial charge in [0.05, 0.1) is 22.8 Å². The number of carbonyl (C=O) groups excluding carboxylic acids is 2. The molecule has 2 aliphatic heterocycles. The Balaban J connectivity index is 1.31. The van der Waals surface area contributed by atoms with E-state index in [0.29, 0.717) is 18.8 Å². The van der Waals surface area contributed by atoms with Crippen LogP contribution in [0.1, 0.15) is 31.1 Å². The first-order chi connectivity index (χ1) is 14.2. The Labute approximate surface area is 168 Å². The highest BCUT2D eigenvalue weighted by Gasteiger charge is 2.33. The van der Waals surface area contributed by atoms with Crippen LogP contribution in [0.2, 0.25) is 0 Å². The summed E-state index contributed by atoms with van der Waals surface area (Å²) in [6.07, 6.45) is 2.12. The van der Waals surface area contributed by atoms with Crippen molar-refractivity contribution in [3.05, 3.63) is 54.4 Å². The molecule has 5 rings (SSSR count). The number of aromatic amines is 1. The van der Waals surface area contributed by atoms with E-state index >= 15 is 0 Å². The lowest BCUT2D eigenvalue weighted by Crippen LogP contribution is -2.41. The standard InChI is InChI=1S/C22H22N4O3/c27-20(11-13-26-17-8-3-4-10-19(17)29-14-21(26)28)25-12-5-9-18(25)22-23-15-6-1-2-7-16(15)24-22/h1-4,6-8,10,18H,5,9,11-14H2,(H,23,24)/t18-/m0/s1. The molecule has 0 spiro atoms. The summed E-state index contributed by atoms with van der Waals surface area (Å²) in [4.78, 5) is 37.0. The first kappa shape index (κ1) is 17.7. The van der Waals surface area contributed by atoms with Crippen LogP contribution >= 0.6 is 0 Å². The van der Waals surface area contributed by atoms with Crippen LogP contribution in [0.3, 0.4) is 0 Å². The van der Waals surface area contributed by atoms with Gasteiger partial charge < -0.3 is 19.5 Å². The number of para-hydroxylation sites is 4. The van der Waals surface area contributed by atoms with Crippen LogP contribution in [0, 0.1) is 0 Å². The largest absolute Gasteiger partial charge is 0.482 e. The molecule has 7 heteroatoms. The molecule has 29 heavy (non-hydrogen) atoms. The number of imidazole rings is 1. The van der Waals surface area contributed by atoms with E-state index in [4.69, 9.17) is 4.74 Å². The van der Waals surface area contributed by atoms with E-state index in [1.54, 1.807) is 4.90 Å². The molecule has 1 fully saturated rings. The summed E-state index contributed by atoms with van der Waals surface area (Å²) < 4.78 is 5.48. The zero-order valence-corrected chi connectivity index (χ0v) is 16.0. The number of likely N-dealkylation sites (tertiary alicyclic amines) is 1. The van der Waals surface area contributed by atoms with Gasteiger partial charge in [-0.05, 0) is 37.1 Å². The molecular formula is C22H22N4O3. The Bertz CT molecular complexity index is 1040. The second-order valence-corrected chi connectivity index (χ2v) is 7.44. The fourth-order valence-corrected chi connectivity index (χ4v) is 4.23. The van der Waals surface area contributed by atoms with Crippen LogP contribution in [0.25, 0.3) is 11.0 Å². The number of fused-ring (bicyclic) bond motifs is 2. The Morgan fingerprint density at radius 3 is 2.90 bits per heavy atom. The lowest BCUT2D eigenvalue weighted by molar-refractivity contribution is -0.132. The summed E-state index contributed by atoms with van der Waals surface area (Å²) in [5.41, 5.74) is 2.63. The van der Waals surface area contributed by atoms with Crippen LogP contribution < -0.4 is 9.64 Å². The summed E-state index contributed by atoms with van der Waals surface area (Å²) in [7, 11) is 0. The summed E-state index contributed by atoms with van der Waals surface area (Å²) in [6.45, 7) is 1.08. The van der Waals surface area contributed by atoms with Gasteiger partial charge in [0.2, 0.25) is 5.91 Å². The van der Waals surface area contributed by atoms with Crippen molar-refractivity contribution in [2.75, 3.05) is 24.6 Å². The molecule has 2 amide bonds. The van der Waals surface area contributed by atoms with Crippen molar-refractivity contribution < 1.29 is 14.3 Å². The quantitative estimate of drug-likeness (QED) is 0.743. The fourth-order valence-electron chi connectivity index (χ4n) is 4.23. The number of hydrogen-bond donors (Lipinski definition) is 1. The number of benzene rings is 2. The summed E-state index contributed by atoms with van der Waals surface area (Å²) in [6, 6.07) is 15.3. The number of amides is 2. The third-order valence-electron chi connectivity index (χ3n) is 5.65. The Morgan fingerprint density at radius 2 is 2.00 bits per heavy atom. The maximum atomic E-state index is 13.0. The Kier molecular flexibility index (Phi) is 4.42. The molecule has 0 aliphatic carbocycles. The third-order valence-corrected chi connectivity index (χ3v) is 5.65. The molecule has 1 N–H and O–H groups in total. The number of anilines is 1. The van der Waals surface area contributed by atoms with E-state index in [2.05, 4.69) is 9.97 Å². The van der Waals surface area contributed by atoms with E-state index in [1.165, 1.54) is 0 Å². The van der Waals surface area contributed by atoms with Crippen molar-refractivity contribution in [1.29, 1.82) is 0 Å². The lowest BCUT2D eigenvalue weighted by atomic mass is 10.2. The molecule has 0 saturated carbocycles. The zero-order chi connectivity index (χ0) is 19.8. The van der Waals surface area contributed by atoms with Gasteiger partial charge >= 0.3 is 0 Å². The third kappa shape index (κ3) is 3.22. The molecular weight excluding hydrogens is 368 g/mol. The predicted octanol–water partition coefficient (Wildman–Crippen LogP) is 3.04. The van der Waals surface area contributed by atoms with E-state index in [1.807, 2.05) is 53.4 Å². The van der Waals surface area contributed by atoms with Gasteiger partial charge in [0.15, 0.2) is 6.61 Å². The van der Waals surface area contributed by atoms with Gasteiger partial charge in [-0.2, -0.15) is 0 Å². The average molecular weight is 390 g/mol. The molecule has 1 saturated heterocycles. The van der Waals surface area contributed by atoms with Crippen LogP contribution in [0.5, 0.6) is 5.75 Å². The number of carbonyl (C=O) groups is 2. The van der Waals surface area contributed by atoms with Gasteiger partial charge in [-0.15, -0.1) is 0 Å². The van der Waals surface area contributed by atoms with Gasteiger partial charge in [0.25, 0.3) is 5.91 Å². The molecule has 0 unspecified atom stereocenters. The maximum absolute atomic E-state index is 13.0. The lowest BCUT2D eigenvalue weighted by Gasteiger charge is -2.30. The monoisotopic (exact) mass is 390 g/mol. The number of nitrogens with zero attached hydrogens (tertiary/aromatic N) is 3. The van der Waals surface area contributed by atoms with Gasteiger partial charge in [-0.1, -0.05) is 24.3 Å². The minimum absolute atomic E-state index is 0.0104. The summed E-state index contributed by atoms with van der Waals surface area (Å²) in [5.74, 6) is 1.45. The van der Waals surface area contributed by atoms with Gasteiger partial charge in [0, 0.05) is 19.5 Å². The highest BCUT2D eigenvalue weighted by atomic mass is 16.5. The number of hydrogen-bond acceptors (Lipinski definition) is 4. The van der Waals surface area contributed by atoms with Gasteiger partial charge in [0.1, 0.15) is 11.6 Å². The molecule has 7 nitrogen and oxygen atoms in total. The highest BCUT2D eigenvalue weighted by Crippen LogP contribution is 2.34. The van der Waals surface area contributed by atoms with Gasteiger partial charge in [-0.3, -0.25) is 9.59 Å². The smallest absolute Gasteiger partial charge is 0.265 e. The van der Waals surface area contributed by atoms with Crippen molar-refractivity contribution in [2.24, 2.45) is 0 Å². The van der Waals surface area contributed by atoms with Crippen molar-refractivity contribution in [1.82, 2.24) is 14.9 Å². The number of nitrogens with one attached hydrogen (secondary N) is 1. The first-order valence-corrected chi connectivity index (χ1v) is 9.97. The van der Waals surface area contributed by atoms with Crippen LogP contribution in [-0.4, -0.2) is 46.4 Å². The van der Waals surface area contributed by atoms with E-state index in [0.717, 1.165) is 35.4 Å². The molecule has 0 bridgehead atoms. The molecule has 2 aromatic carbocycles. The summed E-state index contributed by atoms with van der Waals surface area (Å²) >= 11 is 0. The maximum Gasteiger partial charge on any atom is 0.265 e. The molecule has 2 aliphatic rings. The van der Waals surface area contributed by atoms with Crippen molar-refractivity contribution in [2.45, 2.75) is 25.3 Å². The Hall–Kier alpha value is -3.35. The second kappa shape index (κ2) is 7.24. The van der Waals surface area contributed by atoms with Crippen LogP contribution in [0.15, 0.2) is 48.5 Å². The molecule has 148 valence electrons. The second-order valence-electron chi connectivity index (χ2n) is 7.44. The first-order valence-electron chi connectivity index (χ1n) is 9.97. The van der Waals surface area contributed by atoms with Crippen LogP contribution in [-0.2, 0) is 9.59 Å². The number of ether oxygens (including phenoxy) is 1. The number of aromatic nitrogens is 2.